The molecule has 2 aliphatic heterocycles. The smallest absolute Gasteiger partial charge is 0.191 e. The van der Waals surface area contributed by atoms with Crippen LogP contribution >= 0.6 is 24.0 Å². The van der Waals surface area contributed by atoms with Crippen LogP contribution in [0.5, 0.6) is 0 Å². The molecule has 0 spiro atoms. The van der Waals surface area contributed by atoms with Gasteiger partial charge in [0, 0.05) is 51.4 Å². The van der Waals surface area contributed by atoms with Crippen LogP contribution in [0.3, 0.4) is 0 Å². The number of aliphatic imine (C=N–C) groups is 1. The molecule has 2 atom stereocenters. The van der Waals surface area contributed by atoms with Gasteiger partial charge in [0.05, 0.1) is 5.69 Å². The lowest BCUT2D eigenvalue weighted by molar-refractivity contribution is 0.141. The Morgan fingerprint density at radius 2 is 2.00 bits per heavy atom. The number of guanidine groups is 1. The largest absolute Gasteiger partial charge is 0.367 e. The summed E-state index contributed by atoms with van der Waals surface area (Å²) in [5.41, 5.74) is 0.463. The molecule has 29 heavy (non-hydrogen) atoms. The van der Waals surface area contributed by atoms with Gasteiger partial charge in [0.2, 0.25) is 0 Å². The molecule has 1 aromatic carbocycles. The van der Waals surface area contributed by atoms with Gasteiger partial charge in [-0.25, -0.2) is 8.78 Å². The summed E-state index contributed by atoms with van der Waals surface area (Å²) in [6.45, 7) is 9.16. The second kappa shape index (κ2) is 11.3. The van der Waals surface area contributed by atoms with E-state index >= 15 is 0 Å². The molecule has 2 fully saturated rings. The van der Waals surface area contributed by atoms with E-state index in [1.165, 1.54) is 31.5 Å². The van der Waals surface area contributed by atoms with Crippen LogP contribution in [0.15, 0.2) is 23.2 Å². The number of hydrogen-bond donors (Lipinski definition) is 2. The van der Waals surface area contributed by atoms with Gasteiger partial charge < -0.3 is 20.4 Å². The first-order chi connectivity index (χ1) is 13.5. The third-order valence-corrected chi connectivity index (χ3v) is 5.84. The van der Waals surface area contributed by atoms with Crippen molar-refractivity contribution in [1.29, 1.82) is 0 Å². The second-order valence-electron chi connectivity index (χ2n) is 8.22. The first kappa shape index (κ1) is 24.1. The van der Waals surface area contributed by atoms with E-state index in [0.29, 0.717) is 24.2 Å². The zero-order chi connectivity index (χ0) is 20.1. The van der Waals surface area contributed by atoms with Crippen LogP contribution in [0.1, 0.15) is 33.1 Å². The molecule has 1 aromatic rings. The summed E-state index contributed by atoms with van der Waals surface area (Å²) in [5, 5.41) is 6.93. The van der Waals surface area contributed by atoms with E-state index in [0.717, 1.165) is 38.1 Å². The molecular weight excluding hydrogens is 487 g/mol. The second-order valence-corrected chi connectivity index (χ2v) is 8.22. The standard InChI is InChI=1S/C21H33F2N5.HI/c1-15(2)27-9-4-5-16(13-27)12-25-21(24-3)26-18-8-10-28(14-18)20-7-6-17(22)11-19(20)23;/h6-7,11,15-16,18H,4-5,8-10,12-14H2,1-3H3,(H2,24,25,26);1H. The molecule has 8 heteroatoms. The first-order valence-corrected chi connectivity index (χ1v) is 10.4. The van der Waals surface area contributed by atoms with Gasteiger partial charge in [-0.05, 0) is 57.7 Å². The van der Waals surface area contributed by atoms with Crippen molar-refractivity contribution in [1.82, 2.24) is 15.5 Å². The fourth-order valence-corrected chi connectivity index (χ4v) is 4.20. The summed E-state index contributed by atoms with van der Waals surface area (Å²) in [6, 6.07) is 4.56. The predicted octanol–water partition coefficient (Wildman–Crippen LogP) is 3.45. The molecular formula is C21H34F2IN5. The minimum Gasteiger partial charge on any atom is -0.367 e. The summed E-state index contributed by atoms with van der Waals surface area (Å²) >= 11 is 0. The molecule has 0 aromatic heterocycles. The number of anilines is 1. The van der Waals surface area contributed by atoms with Crippen molar-refractivity contribution in [2.75, 3.05) is 44.7 Å². The van der Waals surface area contributed by atoms with Crippen LogP contribution in [0, 0.1) is 17.6 Å². The molecule has 2 heterocycles. The highest BCUT2D eigenvalue weighted by Crippen LogP contribution is 2.24. The van der Waals surface area contributed by atoms with Gasteiger partial charge in [0.15, 0.2) is 5.96 Å². The number of rotatable bonds is 5. The van der Waals surface area contributed by atoms with Gasteiger partial charge in [-0.1, -0.05) is 0 Å². The molecule has 2 aliphatic rings. The minimum atomic E-state index is -0.543. The molecule has 5 nitrogen and oxygen atoms in total. The fraction of sp³-hybridized carbons (Fsp3) is 0.667. The topological polar surface area (TPSA) is 42.9 Å². The minimum absolute atomic E-state index is 0. The number of benzene rings is 1. The van der Waals surface area contributed by atoms with Crippen LogP contribution in [-0.2, 0) is 0 Å². The lowest BCUT2D eigenvalue weighted by Gasteiger charge is -2.35. The van der Waals surface area contributed by atoms with Crippen molar-refractivity contribution in [3.05, 3.63) is 29.8 Å². The first-order valence-electron chi connectivity index (χ1n) is 10.4. The Labute approximate surface area is 190 Å². The van der Waals surface area contributed by atoms with Gasteiger partial charge in [0.25, 0.3) is 0 Å². The normalized spacial score (nSPS) is 23.2. The van der Waals surface area contributed by atoms with Gasteiger partial charge in [0.1, 0.15) is 11.6 Å². The quantitative estimate of drug-likeness (QED) is 0.354. The maximum absolute atomic E-state index is 14.0. The Hall–Kier alpha value is -1.16. The molecule has 2 unspecified atom stereocenters. The monoisotopic (exact) mass is 521 g/mol. The van der Waals surface area contributed by atoms with Crippen molar-refractivity contribution in [3.8, 4) is 0 Å². The molecule has 0 amide bonds. The molecule has 2 saturated heterocycles. The highest BCUT2D eigenvalue weighted by atomic mass is 127. The Bertz CT molecular complexity index is 685. The van der Waals surface area contributed by atoms with E-state index in [4.69, 9.17) is 0 Å². The third kappa shape index (κ3) is 6.67. The summed E-state index contributed by atoms with van der Waals surface area (Å²) in [7, 11) is 1.78. The highest BCUT2D eigenvalue weighted by molar-refractivity contribution is 14.0. The van der Waals surface area contributed by atoms with Crippen molar-refractivity contribution >= 4 is 35.6 Å². The molecule has 0 radical (unpaired) electrons. The average molecular weight is 521 g/mol. The van der Waals surface area contributed by atoms with Crippen molar-refractivity contribution < 1.29 is 8.78 Å². The molecule has 164 valence electrons. The summed E-state index contributed by atoms with van der Waals surface area (Å²) < 4.78 is 27.2. The predicted molar refractivity (Wildman–Crippen MR) is 126 cm³/mol. The van der Waals surface area contributed by atoms with E-state index in [9.17, 15) is 8.78 Å². The highest BCUT2D eigenvalue weighted by Gasteiger charge is 2.26. The van der Waals surface area contributed by atoms with Crippen molar-refractivity contribution in [2.24, 2.45) is 10.9 Å². The Morgan fingerprint density at radius 3 is 2.69 bits per heavy atom. The van der Waals surface area contributed by atoms with E-state index in [1.807, 2.05) is 4.90 Å². The summed E-state index contributed by atoms with van der Waals surface area (Å²) in [5.74, 6) is 0.379. The summed E-state index contributed by atoms with van der Waals surface area (Å²) in [4.78, 5) is 8.86. The molecule has 0 saturated carbocycles. The average Bonchev–Trinajstić information content (AvgIpc) is 3.13. The van der Waals surface area contributed by atoms with Gasteiger partial charge >= 0.3 is 0 Å². The maximum atomic E-state index is 14.0. The van der Waals surface area contributed by atoms with E-state index in [2.05, 4.69) is 34.4 Å². The number of piperidine rings is 1. The lowest BCUT2D eigenvalue weighted by atomic mass is 9.97. The van der Waals surface area contributed by atoms with Crippen LogP contribution < -0.4 is 15.5 Å². The van der Waals surface area contributed by atoms with Gasteiger partial charge in [-0.3, -0.25) is 4.99 Å². The lowest BCUT2D eigenvalue weighted by Crippen LogP contribution is -2.48. The van der Waals surface area contributed by atoms with Crippen molar-refractivity contribution in [3.63, 3.8) is 0 Å². The zero-order valence-corrected chi connectivity index (χ0v) is 20.0. The van der Waals surface area contributed by atoms with E-state index in [-0.39, 0.29) is 30.0 Å². The Balaban J connectivity index is 0.00000300. The Kier molecular flexibility index (Phi) is 9.39. The molecule has 3 rings (SSSR count). The van der Waals surface area contributed by atoms with Crippen molar-refractivity contribution in [2.45, 2.75) is 45.2 Å². The van der Waals surface area contributed by atoms with Gasteiger partial charge in [-0.2, -0.15) is 0 Å². The SMILES string of the molecule is CN=C(NCC1CCCN(C(C)C)C1)NC1CCN(c2ccc(F)cc2F)C1.I. The van der Waals surface area contributed by atoms with E-state index in [1.54, 1.807) is 7.05 Å². The number of halogens is 3. The maximum Gasteiger partial charge on any atom is 0.191 e. The number of hydrogen-bond acceptors (Lipinski definition) is 3. The zero-order valence-electron chi connectivity index (χ0n) is 17.6. The molecule has 2 N–H and O–H groups in total. The van der Waals surface area contributed by atoms with Crippen LogP contribution in [0.4, 0.5) is 14.5 Å². The van der Waals surface area contributed by atoms with Gasteiger partial charge in [-0.15, -0.1) is 24.0 Å². The number of likely N-dealkylation sites (tertiary alicyclic amines) is 1. The van der Waals surface area contributed by atoms with E-state index < -0.39 is 11.6 Å². The fourth-order valence-electron chi connectivity index (χ4n) is 4.20. The van der Waals surface area contributed by atoms with Crippen LogP contribution in [-0.4, -0.2) is 62.7 Å². The number of nitrogens with zero attached hydrogens (tertiary/aromatic N) is 3. The summed E-state index contributed by atoms with van der Waals surface area (Å²) in [6.07, 6.45) is 3.38. The van der Waals surface area contributed by atoms with Crippen LogP contribution in [0.2, 0.25) is 0 Å². The number of nitrogens with one attached hydrogen (secondary N) is 2. The Morgan fingerprint density at radius 1 is 1.21 bits per heavy atom. The third-order valence-electron chi connectivity index (χ3n) is 5.84. The van der Waals surface area contributed by atoms with Crippen LogP contribution in [0.25, 0.3) is 0 Å². The molecule has 0 aliphatic carbocycles. The molecule has 0 bridgehead atoms.